The summed E-state index contributed by atoms with van der Waals surface area (Å²) in [5.41, 5.74) is 1.68. The lowest BCUT2D eigenvalue weighted by atomic mass is 9.70. The normalized spacial score (nSPS) is 26.8. The second kappa shape index (κ2) is 13.9. The molecule has 0 radical (unpaired) electrons. The third-order valence-electron chi connectivity index (χ3n) is 8.95. The molecule has 5 rings (SSSR count). The molecule has 2 aromatic rings. The molecule has 0 aromatic heterocycles. The van der Waals surface area contributed by atoms with Crippen LogP contribution < -0.4 is 9.64 Å². The van der Waals surface area contributed by atoms with Gasteiger partial charge in [-0.15, -0.1) is 24.9 Å². The number of aliphatic hydroxyl groups excluding tert-OH is 1. The number of thioether (sulfide) groups is 1. The Morgan fingerprint density at radius 1 is 1.09 bits per heavy atom. The summed E-state index contributed by atoms with van der Waals surface area (Å²) in [6.07, 6.45) is 5.06. The number of fused-ring (bicyclic) bond motifs is 1. The van der Waals surface area contributed by atoms with Crippen molar-refractivity contribution >= 4 is 51.1 Å². The van der Waals surface area contributed by atoms with E-state index in [1.165, 1.54) is 0 Å². The number of hydrogen-bond acceptors (Lipinski definition) is 6. The van der Waals surface area contributed by atoms with Gasteiger partial charge in [-0.3, -0.25) is 14.4 Å². The van der Waals surface area contributed by atoms with Crippen LogP contribution in [0.15, 0.2) is 79.9 Å². The molecule has 8 nitrogen and oxygen atoms in total. The number of carbonyl (C=O) groups excluding carboxylic acids is 3. The maximum Gasteiger partial charge on any atom is 0.251 e. The van der Waals surface area contributed by atoms with Crippen LogP contribution in [0.3, 0.4) is 0 Å². The van der Waals surface area contributed by atoms with Gasteiger partial charge in [0.2, 0.25) is 11.8 Å². The first-order valence-electron chi connectivity index (χ1n) is 15.0. The first-order chi connectivity index (χ1) is 21.3. The number of benzene rings is 2. The van der Waals surface area contributed by atoms with Crippen molar-refractivity contribution in [1.29, 1.82) is 0 Å². The predicted molar refractivity (Wildman–Crippen MR) is 178 cm³/mol. The molecule has 3 aliphatic rings. The number of anilines is 1. The molecule has 44 heavy (non-hydrogen) atoms. The van der Waals surface area contributed by atoms with Gasteiger partial charge in [-0.1, -0.05) is 58.4 Å². The molecule has 3 unspecified atom stereocenters. The molecule has 3 amide bonds. The fourth-order valence-electron chi connectivity index (χ4n) is 7.09. The molecule has 3 aliphatic heterocycles. The fraction of sp³-hybridized carbons (Fsp3) is 0.441. The molecule has 3 heterocycles. The number of carbonyl (C=O) groups is 3. The van der Waals surface area contributed by atoms with Crippen LogP contribution in [0.25, 0.3) is 0 Å². The third kappa shape index (κ3) is 5.84. The van der Waals surface area contributed by atoms with Crippen LogP contribution in [-0.4, -0.2) is 86.8 Å². The Labute approximate surface area is 272 Å². The number of halogens is 1. The zero-order chi connectivity index (χ0) is 31.4. The monoisotopic (exact) mass is 681 g/mol. The van der Waals surface area contributed by atoms with Gasteiger partial charge >= 0.3 is 0 Å². The molecule has 0 saturated carbocycles. The van der Waals surface area contributed by atoms with Gasteiger partial charge in [-0.25, -0.2) is 0 Å². The minimum atomic E-state index is -0.773. The zero-order valence-corrected chi connectivity index (χ0v) is 27.4. The van der Waals surface area contributed by atoms with Crippen LogP contribution in [-0.2, 0) is 20.9 Å². The van der Waals surface area contributed by atoms with E-state index in [9.17, 15) is 19.5 Å². The summed E-state index contributed by atoms with van der Waals surface area (Å²) in [6.45, 7) is 9.15. The Morgan fingerprint density at radius 3 is 2.43 bits per heavy atom. The van der Waals surface area contributed by atoms with E-state index in [-0.39, 0.29) is 41.0 Å². The first kappa shape index (κ1) is 32.3. The van der Waals surface area contributed by atoms with Crippen LogP contribution in [0.4, 0.5) is 5.69 Å². The number of aliphatic hydroxyl groups is 1. The molecule has 2 bridgehead atoms. The van der Waals surface area contributed by atoms with E-state index in [0.717, 1.165) is 5.56 Å². The Hall–Kier alpha value is -3.08. The molecule has 234 valence electrons. The second-order valence-electron chi connectivity index (χ2n) is 11.6. The van der Waals surface area contributed by atoms with Crippen molar-refractivity contribution in [3.05, 3.63) is 85.5 Å². The average molecular weight is 683 g/mol. The number of rotatable bonds is 14. The third-order valence-corrected chi connectivity index (χ3v) is 12.2. The fourth-order valence-corrected chi connectivity index (χ4v) is 10.7. The Kier molecular flexibility index (Phi) is 10.2. The standard InChI is InChI=1S/C34H40BrN3O5S/c1-4-17-36(22-23-11-7-6-8-12-23)31(40)27-28-32(41)38(19-9-10-20-39)30(34(28)21-26(35)29(27)44-34)33(42)37(18-5-2)24-13-15-25(43-3)16-14-24/h4-8,11-16,26-30,39H,1-2,9-10,17-22H2,3H3/t26?,27-,28+,29-,30?,34?/m1/s1. The van der Waals surface area contributed by atoms with E-state index in [1.807, 2.05) is 42.5 Å². The highest BCUT2D eigenvalue weighted by Crippen LogP contribution is 2.68. The van der Waals surface area contributed by atoms with E-state index >= 15 is 0 Å². The van der Waals surface area contributed by atoms with Crippen LogP contribution in [0.1, 0.15) is 24.8 Å². The minimum Gasteiger partial charge on any atom is -0.497 e. The molecule has 6 atom stereocenters. The summed E-state index contributed by atoms with van der Waals surface area (Å²) in [6, 6.07) is 16.3. The van der Waals surface area contributed by atoms with Gasteiger partial charge in [0, 0.05) is 48.6 Å². The smallest absolute Gasteiger partial charge is 0.251 e. The molecular formula is C34H40BrN3O5S. The Bertz CT molecular complexity index is 1370. The summed E-state index contributed by atoms with van der Waals surface area (Å²) in [5, 5.41) is 9.36. The van der Waals surface area contributed by atoms with Crippen molar-refractivity contribution in [2.24, 2.45) is 11.8 Å². The highest BCUT2D eigenvalue weighted by Gasteiger charge is 2.76. The van der Waals surface area contributed by atoms with Gasteiger partial charge in [0.15, 0.2) is 0 Å². The quantitative estimate of drug-likeness (QED) is 0.177. The number of nitrogens with zero attached hydrogens (tertiary/aromatic N) is 3. The highest BCUT2D eigenvalue weighted by atomic mass is 79.9. The largest absolute Gasteiger partial charge is 0.497 e. The maximum absolute atomic E-state index is 14.7. The SMILES string of the molecule is C=CCN(Cc1ccccc1)C(=O)[C@H]1[C@@H]2SC3(CC2Br)C(C(=O)N(CC=C)c2ccc(OC)cc2)N(CCCCO)C(=O)[C@H]13. The van der Waals surface area contributed by atoms with Crippen molar-refractivity contribution in [3.8, 4) is 5.75 Å². The molecule has 10 heteroatoms. The van der Waals surface area contributed by atoms with E-state index in [4.69, 9.17) is 4.74 Å². The molecular weight excluding hydrogens is 642 g/mol. The minimum absolute atomic E-state index is 0.00105. The van der Waals surface area contributed by atoms with Crippen molar-refractivity contribution in [1.82, 2.24) is 9.80 Å². The van der Waals surface area contributed by atoms with Crippen molar-refractivity contribution in [2.45, 2.75) is 46.7 Å². The molecule has 1 N–H and O–H groups in total. The van der Waals surface area contributed by atoms with Crippen LogP contribution in [0.2, 0.25) is 0 Å². The lowest BCUT2D eigenvalue weighted by molar-refractivity contribution is -0.144. The van der Waals surface area contributed by atoms with Crippen molar-refractivity contribution in [3.63, 3.8) is 0 Å². The molecule has 0 aliphatic carbocycles. The van der Waals surface area contributed by atoms with Crippen molar-refractivity contribution in [2.75, 3.05) is 38.3 Å². The molecule has 2 aromatic carbocycles. The van der Waals surface area contributed by atoms with Crippen molar-refractivity contribution < 1.29 is 24.2 Å². The lowest BCUT2D eigenvalue weighted by Gasteiger charge is -2.38. The highest BCUT2D eigenvalue weighted by molar-refractivity contribution is 9.09. The Balaban J connectivity index is 1.53. The number of unbranched alkanes of at least 4 members (excludes halogenated alkanes) is 1. The number of hydrogen-bond donors (Lipinski definition) is 1. The van der Waals surface area contributed by atoms with Gasteiger partial charge in [0.05, 0.1) is 23.7 Å². The summed E-state index contributed by atoms with van der Waals surface area (Å²) in [5.74, 6) is -0.971. The zero-order valence-electron chi connectivity index (χ0n) is 25.0. The summed E-state index contributed by atoms with van der Waals surface area (Å²) < 4.78 is 4.55. The summed E-state index contributed by atoms with van der Waals surface area (Å²) >= 11 is 5.50. The van der Waals surface area contributed by atoms with E-state index < -0.39 is 22.6 Å². The first-order valence-corrected chi connectivity index (χ1v) is 16.8. The number of alkyl halides is 1. The molecule has 3 saturated heterocycles. The van der Waals surface area contributed by atoms with E-state index in [1.54, 1.807) is 57.9 Å². The average Bonchev–Trinajstić information content (AvgIpc) is 3.63. The Morgan fingerprint density at radius 2 is 1.80 bits per heavy atom. The predicted octanol–water partition coefficient (Wildman–Crippen LogP) is 4.67. The van der Waals surface area contributed by atoms with Gasteiger partial charge in [0.1, 0.15) is 11.8 Å². The number of likely N-dealkylation sites (tertiary alicyclic amines) is 1. The number of amides is 3. The topological polar surface area (TPSA) is 90.4 Å². The number of methoxy groups -OCH3 is 1. The van der Waals surface area contributed by atoms with Gasteiger partial charge in [-0.2, -0.15) is 0 Å². The van der Waals surface area contributed by atoms with Gasteiger partial charge in [0.25, 0.3) is 5.91 Å². The molecule has 3 fully saturated rings. The van der Waals surface area contributed by atoms with Gasteiger partial charge < -0.3 is 24.5 Å². The van der Waals surface area contributed by atoms with Crippen LogP contribution in [0.5, 0.6) is 5.75 Å². The van der Waals surface area contributed by atoms with E-state index in [2.05, 4.69) is 29.1 Å². The molecule has 1 spiro atoms. The lowest BCUT2D eigenvalue weighted by Crippen LogP contribution is -2.56. The second-order valence-corrected chi connectivity index (χ2v) is 14.3. The number of ether oxygens (including phenoxy) is 1. The van der Waals surface area contributed by atoms with Crippen LogP contribution in [0, 0.1) is 11.8 Å². The van der Waals surface area contributed by atoms with Gasteiger partial charge in [-0.05, 0) is 49.1 Å². The van der Waals surface area contributed by atoms with Crippen LogP contribution >= 0.6 is 27.7 Å². The maximum atomic E-state index is 14.7. The summed E-state index contributed by atoms with van der Waals surface area (Å²) in [4.78, 5) is 48.8. The van der Waals surface area contributed by atoms with E-state index in [0.29, 0.717) is 50.3 Å². The summed E-state index contributed by atoms with van der Waals surface area (Å²) in [7, 11) is 1.59.